The van der Waals surface area contributed by atoms with Crippen molar-refractivity contribution in [2.75, 3.05) is 26.4 Å². The first kappa shape index (κ1) is 9.36. The lowest BCUT2D eigenvalue weighted by Crippen LogP contribution is -2.41. The molecular formula is C12H14O4. The molecular weight excluding hydrogens is 208 g/mol. The highest BCUT2D eigenvalue weighted by atomic mass is 16.7. The van der Waals surface area contributed by atoms with E-state index in [-0.39, 0.29) is 11.8 Å². The van der Waals surface area contributed by atoms with E-state index < -0.39 is 11.6 Å². The third-order valence-corrected chi connectivity index (χ3v) is 3.87. The van der Waals surface area contributed by atoms with Crippen LogP contribution in [0.25, 0.3) is 0 Å². The summed E-state index contributed by atoms with van der Waals surface area (Å²) < 4.78 is 23.0. The zero-order valence-corrected chi connectivity index (χ0v) is 8.93. The van der Waals surface area contributed by atoms with Crippen molar-refractivity contribution < 1.29 is 18.9 Å². The quantitative estimate of drug-likeness (QED) is 0.569. The first-order valence-electron chi connectivity index (χ1n) is 5.79. The Morgan fingerprint density at radius 3 is 1.44 bits per heavy atom. The van der Waals surface area contributed by atoms with Crippen molar-refractivity contribution in [1.82, 2.24) is 0 Å². The van der Waals surface area contributed by atoms with Crippen LogP contribution in [0.3, 0.4) is 0 Å². The third kappa shape index (κ3) is 0.984. The highest BCUT2D eigenvalue weighted by Crippen LogP contribution is 2.52. The Morgan fingerprint density at radius 1 is 0.688 bits per heavy atom. The van der Waals surface area contributed by atoms with Crippen LogP contribution in [0, 0.1) is 11.8 Å². The fourth-order valence-corrected chi connectivity index (χ4v) is 3.17. The minimum atomic E-state index is -0.556. The van der Waals surface area contributed by atoms with Crippen molar-refractivity contribution in [3.8, 4) is 0 Å². The summed E-state index contributed by atoms with van der Waals surface area (Å²) in [5, 5.41) is 0. The number of hydrogen-bond acceptors (Lipinski definition) is 4. The van der Waals surface area contributed by atoms with Crippen molar-refractivity contribution in [2.24, 2.45) is 11.8 Å². The second-order valence-electron chi connectivity index (χ2n) is 4.61. The maximum absolute atomic E-state index is 5.75. The molecule has 0 aromatic carbocycles. The van der Waals surface area contributed by atoms with Gasteiger partial charge in [-0.1, -0.05) is 12.2 Å². The van der Waals surface area contributed by atoms with Gasteiger partial charge in [0, 0.05) is 11.8 Å². The van der Waals surface area contributed by atoms with Gasteiger partial charge in [0.2, 0.25) is 0 Å². The van der Waals surface area contributed by atoms with Crippen LogP contribution in [0.4, 0.5) is 0 Å². The molecule has 0 radical (unpaired) electrons. The van der Waals surface area contributed by atoms with Crippen molar-refractivity contribution in [3.05, 3.63) is 24.3 Å². The molecule has 0 aromatic heterocycles. The minimum Gasteiger partial charge on any atom is -0.343 e. The van der Waals surface area contributed by atoms with Gasteiger partial charge >= 0.3 is 0 Å². The highest BCUT2D eigenvalue weighted by molar-refractivity contribution is 5.30. The fourth-order valence-electron chi connectivity index (χ4n) is 3.17. The smallest absolute Gasteiger partial charge is 0.195 e. The Hall–Kier alpha value is -0.680. The van der Waals surface area contributed by atoms with E-state index in [9.17, 15) is 0 Å². The molecule has 2 atom stereocenters. The summed E-state index contributed by atoms with van der Waals surface area (Å²) in [6.07, 6.45) is 8.26. The Kier molecular flexibility index (Phi) is 1.73. The average Bonchev–Trinajstić information content (AvgIpc) is 3.02. The molecule has 4 aliphatic rings. The van der Waals surface area contributed by atoms with Gasteiger partial charge in [0.15, 0.2) is 11.6 Å². The number of rotatable bonds is 0. The summed E-state index contributed by atoms with van der Waals surface area (Å²) in [5.41, 5.74) is 0. The number of hydrogen-bond donors (Lipinski definition) is 0. The van der Waals surface area contributed by atoms with E-state index in [0.29, 0.717) is 26.4 Å². The van der Waals surface area contributed by atoms with Crippen LogP contribution in [0.15, 0.2) is 24.3 Å². The number of ether oxygens (including phenoxy) is 4. The van der Waals surface area contributed by atoms with E-state index in [1.54, 1.807) is 0 Å². The van der Waals surface area contributed by atoms with Crippen LogP contribution in [0.2, 0.25) is 0 Å². The Labute approximate surface area is 93.8 Å². The molecule has 4 rings (SSSR count). The van der Waals surface area contributed by atoms with E-state index >= 15 is 0 Å². The molecule has 0 bridgehead atoms. The Balaban J connectivity index is 1.70. The zero-order chi connectivity index (χ0) is 10.6. The number of fused-ring (bicyclic) bond motifs is 3. The summed E-state index contributed by atoms with van der Waals surface area (Å²) in [6, 6.07) is 0. The molecule has 2 saturated heterocycles. The van der Waals surface area contributed by atoms with Crippen LogP contribution in [0.1, 0.15) is 0 Å². The highest BCUT2D eigenvalue weighted by Gasteiger charge is 2.59. The summed E-state index contributed by atoms with van der Waals surface area (Å²) >= 11 is 0. The predicted octanol–water partition coefficient (Wildman–Crippen LogP) is 0.845. The third-order valence-electron chi connectivity index (χ3n) is 3.87. The first-order valence-corrected chi connectivity index (χ1v) is 5.79. The van der Waals surface area contributed by atoms with Crippen molar-refractivity contribution in [1.29, 1.82) is 0 Å². The second kappa shape index (κ2) is 2.96. The lowest BCUT2D eigenvalue weighted by molar-refractivity contribution is -0.185. The molecule has 0 saturated carbocycles. The molecule has 2 aliphatic heterocycles. The molecule has 2 unspecified atom stereocenters. The van der Waals surface area contributed by atoms with Crippen LogP contribution in [0.5, 0.6) is 0 Å². The van der Waals surface area contributed by atoms with Crippen LogP contribution in [-0.4, -0.2) is 38.0 Å². The van der Waals surface area contributed by atoms with Crippen molar-refractivity contribution >= 4 is 0 Å². The summed E-state index contributed by atoms with van der Waals surface area (Å²) in [7, 11) is 0. The van der Waals surface area contributed by atoms with Crippen molar-refractivity contribution in [3.63, 3.8) is 0 Å². The lowest BCUT2D eigenvalue weighted by atomic mass is 9.92. The first-order chi connectivity index (χ1) is 7.85. The van der Waals surface area contributed by atoms with E-state index in [2.05, 4.69) is 12.2 Å². The SMILES string of the molecule is C1=CC2(OCCO2)C2C=CC3(OCCO3)C12. The topological polar surface area (TPSA) is 36.9 Å². The Bertz CT molecular complexity index is 325. The minimum absolute atomic E-state index is 0.188. The molecule has 2 fully saturated rings. The van der Waals surface area contributed by atoms with Gasteiger partial charge in [0.05, 0.1) is 26.4 Å². The molecule has 4 heteroatoms. The summed E-state index contributed by atoms with van der Waals surface area (Å²) in [4.78, 5) is 0. The lowest BCUT2D eigenvalue weighted by Gasteiger charge is -2.31. The van der Waals surface area contributed by atoms with E-state index in [1.807, 2.05) is 12.2 Å². The van der Waals surface area contributed by atoms with Crippen LogP contribution in [-0.2, 0) is 18.9 Å². The van der Waals surface area contributed by atoms with Gasteiger partial charge < -0.3 is 18.9 Å². The van der Waals surface area contributed by atoms with Gasteiger partial charge in [0.1, 0.15) is 0 Å². The summed E-state index contributed by atoms with van der Waals surface area (Å²) in [5.74, 6) is -0.735. The predicted molar refractivity (Wildman–Crippen MR) is 54.5 cm³/mol. The molecule has 2 spiro atoms. The second-order valence-corrected chi connectivity index (χ2v) is 4.61. The van der Waals surface area contributed by atoms with Gasteiger partial charge in [0.25, 0.3) is 0 Å². The van der Waals surface area contributed by atoms with Gasteiger partial charge in [-0.25, -0.2) is 0 Å². The molecule has 0 N–H and O–H groups in total. The zero-order valence-electron chi connectivity index (χ0n) is 8.93. The van der Waals surface area contributed by atoms with Gasteiger partial charge in [-0.3, -0.25) is 0 Å². The summed E-state index contributed by atoms with van der Waals surface area (Å²) in [6.45, 7) is 2.65. The van der Waals surface area contributed by atoms with Crippen molar-refractivity contribution in [2.45, 2.75) is 11.6 Å². The largest absolute Gasteiger partial charge is 0.343 e. The normalized spacial score (nSPS) is 41.5. The Morgan fingerprint density at radius 2 is 1.06 bits per heavy atom. The van der Waals surface area contributed by atoms with E-state index in [1.165, 1.54) is 0 Å². The van der Waals surface area contributed by atoms with Gasteiger partial charge in [-0.15, -0.1) is 0 Å². The van der Waals surface area contributed by atoms with Gasteiger partial charge in [-0.2, -0.15) is 0 Å². The molecule has 2 heterocycles. The van der Waals surface area contributed by atoms with Crippen LogP contribution < -0.4 is 0 Å². The monoisotopic (exact) mass is 222 g/mol. The fraction of sp³-hybridized carbons (Fsp3) is 0.667. The molecule has 86 valence electrons. The molecule has 2 aliphatic carbocycles. The maximum Gasteiger partial charge on any atom is 0.195 e. The molecule has 16 heavy (non-hydrogen) atoms. The maximum atomic E-state index is 5.75. The molecule has 4 nitrogen and oxygen atoms in total. The van der Waals surface area contributed by atoms with Gasteiger partial charge in [-0.05, 0) is 12.2 Å². The molecule has 0 amide bonds. The van der Waals surface area contributed by atoms with E-state index in [4.69, 9.17) is 18.9 Å². The average molecular weight is 222 g/mol. The van der Waals surface area contributed by atoms with Crippen LogP contribution >= 0.6 is 0 Å². The standard InChI is InChI=1S/C12H14O4/c1-3-11(13-5-6-14-11)10-2-4-12(9(1)10)15-7-8-16-12/h1-4,9-10H,5-8H2. The van der Waals surface area contributed by atoms with E-state index in [0.717, 1.165) is 0 Å². The molecule has 0 aromatic rings.